The van der Waals surface area contributed by atoms with Gasteiger partial charge in [0.25, 0.3) is 0 Å². The number of rotatable bonds is 5. The van der Waals surface area contributed by atoms with Gasteiger partial charge in [-0.3, -0.25) is 14.5 Å². The number of para-hydroxylation sites is 1. The number of amides is 1. The summed E-state index contributed by atoms with van der Waals surface area (Å²) in [5.41, 5.74) is 1.60. The van der Waals surface area contributed by atoms with Gasteiger partial charge in [-0.15, -0.1) is 0 Å². The molecule has 2 aliphatic rings. The van der Waals surface area contributed by atoms with Crippen LogP contribution in [0.2, 0.25) is 0 Å². The zero-order valence-electron chi connectivity index (χ0n) is 16.6. The van der Waals surface area contributed by atoms with Crippen LogP contribution in [0.4, 0.5) is 5.69 Å². The van der Waals surface area contributed by atoms with Crippen LogP contribution in [-0.4, -0.2) is 24.0 Å². The molecule has 1 amide bonds. The van der Waals surface area contributed by atoms with Gasteiger partial charge in [-0.2, -0.15) is 0 Å². The van der Waals surface area contributed by atoms with Crippen LogP contribution in [0, 0.1) is 5.92 Å². The van der Waals surface area contributed by atoms with E-state index in [0.717, 1.165) is 24.9 Å². The summed E-state index contributed by atoms with van der Waals surface area (Å²) in [5.74, 6) is -0.215. The van der Waals surface area contributed by atoms with Crippen LogP contribution in [0.25, 0.3) is 0 Å². The first-order valence-electron chi connectivity index (χ1n) is 10.1. The maximum Gasteiger partial charge on any atom is 0.235 e. The molecule has 2 atom stereocenters. The third-order valence-corrected chi connectivity index (χ3v) is 5.60. The topological polar surface area (TPSA) is 46.6 Å². The monoisotopic (exact) mass is 387 g/mol. The Bertz CT molecular complexity index is 949. The Morgan fingerprint density at radius 3 is 2.41 bits per heavy atom. The number of anilines is 1. The van der Waals surface area contributed by atoms with Gasteiger partial charge in [0.15, 0.2) is 11.5 Å². The second kappa shape index (κ2) is 8.18. The summed E-state index contributed by atoms with van der Waals surface area (Å²) in [6.45, 7) is 2.11. The zero-order chi connectivity index (χ0) is 20.3. The molecule has 1 aliphatic carbocycles. The number of aryl methyl sites for hydroxylation is 1. The minimum Gasteiger partial charge on any atom is -0.347 e. The fourth-order valence-electron chi connectivity index (χ4n) is 4.02. The second-order valence-electron chi connectivity index (χ2n) is 7.67. The van der Waals surface area contributed by atoms with Crippen molar-refractivity contribution in [2.45, 2.75) is 31.9 Å². The molecule has 0 bridgehead atoms. The Morgan fingerprint density at radius 2 is 1.72 bits per heavy atom. The molecule has 1 saturated heterocycles. The summed E-state index contributed by atoms with van der Waals surface area (Å²) in [6, 6.07) is 19.9. The average Bonchev–Trinajstić information content (AvgIpc) is 2.74. The van der Waals surface area contributed by atoms with Gasteiger partial charge >= 0.3 is 0 Å². The number of ketones is 1. The number of carbonyl (C=O) groups is 2. The largest absolute Gasteiger partial charge is 0.347 e. The molecule has 1 aliphatic heterocycles. The lowest BCUT2D eigenvalue weighted by molar-refractivity contribution is -0.138. The lowest BCUT2D eigenvalue weighted by Gasteiger charge is -2.46. The number of benzene rings is 2. The molecular weight excluding hydrogens is 362 g/mol. The number of carbonyl (C=O) groups excluding carboxylic acids is 2. The van der Waals surface area contributed by atoms with Gasteiger partial charge in [0.05, 0.1) is 12.5 Å². The Hall–Kier alpha value is -2.98. The highest BCUT2D eigenvalue weighted by atomic mass is 16.5. The van der Waals surface area contributed by atoms with E-state index < -0.39 is 5.72 Å². The Morgan fingerprint density at radius 1 is 1.03 bits per heavy atom. The third kappa shape index (κ3) is 3.94. The Balaban J connectivity index is 1.56. The normalized spacial score (nSPS) is 24.1. The first-order chi connectivity index (χ1) is 14.1. The molecule has 148 valence electrons. The number of nitrogens with zero attached hydrogens (tertiary/aromatic N) is 1. The van der Waals surface area contributed by atoms with E-state index in [9.17, 15) is 9.59 Å². The van der Waals surface area contributed by atoms with Gasteiger partial charge in [0.2, 0.25) is 5.91 Å². The van der Waals surface area contributed by atoms with Crippen LogP contribution in [0.5, 0.6) is 0 Å². The molecule has 1 fully saturated rings. The predicted molar refractivity (Wildman–Crippen MR) is 113 cm³/mol. The molecule has 4 rings (SSSR count). The van der Waals surface area contributed by atoms with Gasteiger partial charge in [-0.05, 0) is 67.7 Å². The highest BCUT2D eigenvalue weighted by Crippen LogP contribution is 2.37. The number of ether oxygens (including phenoxy) is 1. The Labute approximate surface area is 171 Å². The maximum absolute atomic E-state index is 13.5. The van der Waals surface area contributed by atoms with Gasteiger partial charge in [-0.25, -0.2) is 0 Å². The summed E-state index contributed by atoms with van der Waals surface area (Å²) in [4.78, 5) is 27.2. The molecule has 29 heavy (non-hydrogen) atoms. The molecule has 2 unspecified atom stereocenters. The molecule has 4 nitrogen and oxygen atoms in total. The van der Waals surface area contributed by atoms with E-state index in [1.165, 1.54) is 11.6 Å². The van der Waals surface area contributed by atoms with E-state index in [1.54, 1.807) is 24.0 Å². The lowest BCUT2D eigenvalue weighted by atomic mass is 9.91. The minimum absolute atomic E-state index is 0.0403. The smallest absolute Gasteiger partial charge is 0.235 e. The fraction of sp³-hybridized carbons (Fsp3) is 0.280. The quantitative estimate of drug-likeness (QED) is 0.760. The number of allylic oxidation sites excluding steroid dienone is 2. The van der Waals surface area contributed by atoms with E-state index >= 15 is 0 Å². The summed E-state index contributed by atoms with van der Waals surface area (Å²) < 4.78 is 6.27. The van der Waals surface area contributed by atoms with Crippen molar-refractivity contribution in [3.8, 4) is 0 Å². The molecule has 1 spiro atoms. The van der Waals surface area contributed by atoms with Crippen LogP contribution in [0.15, 0.2) is 84.5 Å². The van der Waals surface area contributed by atoms with E-state index in [1.807, 2.05) is 48.5 Å². The number of hydrogen-bond donors (Lipinski definition) is 0. The third-order valence-electron chi connectivity index (χ3n) is 5.60. The summed E-state index contributed by atoms with van der Waals surface area (Å²) >= 11 is 0. The molecule has 0 radical (unpaired) electrons. The summed E-state index contributed by atoms with van der Waals surface area (Å²) in [6.07, 6.45) is 7.59. The van der Waals surface area contributed by atoms with Crippen molar-refractivity contribution in [3.63, 3.8) is 0 Å². The first-order valence-corrected chi connectivity index (χ1v) is 10.1. The van der Waals surface area contributed by atoms with E-state index in [2.05, 4.69) is 12.1 Å². The van der Waals surface area contributed by atoms with Crippen molar-refractivity contribution >= 4 is 17.4 Å². The predicted octanol–water partition coefficient (Wildman–Crippen LogP) is 4.47. The standard InChI is InChI=1S/C25H25NO3/c1-19-17-25(16-15-23(19)27)26(22-13-6-3-7-14-22)24(28)21(18-29-25)12-8-11-20-9-4-2-5-10-20/h2-7,9-10,13-17,21H,8,11-12,18H2,1H3. The van der Waals surface area contributed by atoms with Crippen molar-refractivity contribution in [2.24, 2.45) is 5.92 Å². The molecule has 0 N–H and O–H groups in total. The highest BCUT2D eigenvalue weighted by molar-refractivity contribution is 6.06. The van der Waals surface area contributed by atoms with Crippen molar-refractivity contribution in [1.82, 2.24) is 0 Å². The maximum atomic E-state index is 13.5. The van der Waals surface area contributed by atoms with Gasteiger partial charge in [0, 0.05) is 5.69 Å². The fourth-order valence-corrected chi connectivity index (χ4v) is 4.02. The van der Waals surface area contributed by atoms with Crippen molar-refractivity contribution in [2.75, 3.05) is 11.5 Å². The highest BCUT2D eigenvalue weighted by Gasteiger charge is 2.46. The second-order valence-corrected chi connectivity index (χ2v) is 7.67. The van der Waals surface area contributed by atoms with Crippen molar-refractivity contribution in [1.29, 1.82) is 0 Å². The zero-order valence-corrected chi connectivity index (χ0v) is 16.6. The SMILES string of the molecule is CC1=CC2(C=CC1=O)OCC(CCCc1ccccc1)C(=O)N2c1ccccc1. The molecule has 0 aromatic heterocycles. The van der Waals surface area contributed by atoms with Crippen LogP contribution >= 0.6 is 0 Å². The molecular formula is C25H25NO3. The minimum atomic E-state index is -1.04. The molecule has 4 heteroatoms. The van der Waals surface area contributed by atoms with E-state index in [-0.39, 0.29) is 17.6 Å². The van der Waals surface area contributed by atoms with E-state index in [0.29, 0.717) is 12.2 Å². The van der Waals surface area contributed by atoms with Gasteiger partial charge in [-0.1, -0.05) is 48.5 Å². The van der Waals surface area contributed by atoms with Crippen molar-refractivity contribution in [3.05, 3.63) is 90.0 Å². The average molecular weight is 387 g/mol. The molecule has 1 heterocycles. The first kappa shape index (κ1) is 19.3. The van der Waals surface area contributed by atoms with Crippen LogP contribution in [0.1, 0.15) is 25.3 Å². The summed E-state index contributed by atoms with van der Waals surface area (Å²) in [5, 5.41) is 0. The van der Waals surface area contributed by atoms with E-state index in [4.69, 9.17) is 4.74 Å². The van der Waals surface area contributed by atoms with Gasteiger partial charge in [0.1, 0.15) is 0 Å². The van der Waals surface area contributed by atoms with Gasteiger partial charge < -0.3 is 4.74 Å². The Kier molecular flexibility index (Phi) is 5.45. The van der Waals surface area contributed by atoms with Crippen LogP contribution < -0.4 is 4.90 Å². The molecule has 2 aromatic rings. The summed E-state index contributed by atoms with van der Waals surface area (Å²) in [7, 11) is 0. The van der Waals surface area contributed by atoms with Crippen molar-refractivity contribution < 1.29 is 14.3 Å². The molecule has 2 aromatic carbocycles. The van der Waals surface area contributed by atoms with Crippen LogP contribution in [0.3, 0.4) is 0 Å². The lowest BCUT2D eigenvalue weighted by Crippen LogP contribution is -2.60. The number of hydrogen-bond acceptors (Lipinski definition) is 3. The molecule has 0 saturated carbocycles. The van der Waals surface area contributed by atoms with Crippen LogP contribution in [-0.2, 0) is 20.7 Å².